The average molecular weight is 572 g/mol. The molecule has 0 heterocycles. The monoisotopic (exact) mass is 571 g/mol. The van der Waals surface area contributed by atoms with Gasteiger partial charge in [0, 0.05) is 5.56 Å². The molecule has 2 N–H and O–H groups in total. The third-order valence-corrected chi connectivity index (χ3v) is 10.1. The van der Waals surface area contributed by atoms with Crippen molar-refractivity contribution < 1.29 is 23.8 Å². The molecule has 39 heavy (non-hydrogen) atoms. The molecular formula is C31H42NO5PS. The number of hydrogen-bond acceptors (Lipinski definition) is 5. The van der Waals surface area contributed by atoms with E-state index in [0.29, 0.717) is 42.1 Å². The van der Waals surface area contributed by atoms with Crippen molar-refractivity contribution in [2.24, 2.45) is 5.92 Å². The van der Waals surface area contributed by atoms with E-state index in [1.165, 1.54) is 18.2 Å². The number of carbonyl (C=O) groups excluding carboxylic acids is 1. The molecule has 6 nitrogen and oxygen atoms in total. The summed E-state index contributed by atoms with van der Waals surface area (Å²) in [5.41, 5.74) is 3.51. The molecule has 1 aliphatic rings. The first-order valence-electron chi connectivity index (χ1n) is 14.1. The number of amides is 1. The predicted octanol–water partition coefficient (Wildman–Crippen LogP) is 8.13. The van der Waals surface area contributed by atoms with Crippen molar-refractivity contribution in [3.05, 3.63) is 59.2 Å². The van der Waals surface area contributed by atoms with Crippen LogP contribution in [0.4, 0.5) is 0 Å². The zero-order chi connectivity index (χ0) is 28.4. The Hall–Kier alpha value is -2.37. The number of nitrogens with one attached hydrogen (secondary N) is 1. The highest BCUT2D eigenvalue weighted by Gasteiger charge is 2.41. The van der Waals surface area contributed by atoms with Crippen LogP contribution < -0.4 is 5.32 Å². The summed E-state index contributed by atoms with van der Waals surface area (Å²) >= 11 is 1.53. The third-order valence-electron chi connectivity index (χ3n) is 8.10. The summed E-state index contributed by atoms with van der Waals surface area (Å²) in [6, 6.07) is 12.1. The maximum atomic E-state index is 13.5. The van der Waals surface area contributed by atoms with Gasteiger partial charge in [-0.15, -0.1) is 0 Å². The Kier molecular flexibility index (Phi) is 11.9. The highest BCUT2D eigenvalue weighted by molar-refractivity contribution is 7.98. The molecule has 3 rings (SSSR count). The van der Waals surface area contributed by atoms with Crippen LogP contribution in [0.1, 0.15) is 92.6 Å². The quantitative estimate of drug-likeness (QED) is 0.222. The molecule has 0 bridgehead atoms. The van der Waals surface area contributed by atoms with E-state index in [2.05, 4.69) is 12.2 Å². The van der Waals surface area contributed by atoms with E-state index in [0.717, 1.165) is 55.2 Å². The standard InChI is InChI=1S/C31H42NO5PS/c1-4-5-18-31(38(36)37,21-23-12-7-6-8-13-23)24-15-16-26(27(20-24)25-14-10-9-11-22(25)2)29(33)32-28(30(34)35)17-19-39-3/h9-11,14-16,20,23,28H,4-8,12-13,17-19,21H2,1-3H3,(H,32,33)(H,34,35)/t28-,31?/m0/s1. The smallest absolute Gasteiger partial charge is 0.326 e. The molecule has 212 valence electrons. The first-order valence-corrected chi connectivity index (χ1v) is 16.7. The molecule has 1 saturated carbocycles. The molecular weight excluding hydrogens is 529 g/mol. The zero-order valence-electron chi connectivity index (χ0n) is 23.4. The van der Waals surface area contributed by atoms with Gasteiger partial charge in [0.15, 0.2) is 0 Å². The number of thioether (sulfide) groups is 1. The molecule has 0 spiro atoms. The topological polar surface area (TPSA) is 101 Å². The van der Waals surface area contributed by atoms with Crippen molar-refractivity contribution in [1.29, 1.82) is 0 Å². The number of rotatable bonds is 14. The Bertz CT molecular complexity index is 1200. The number of hydrogen-bond donors (Lipinski definition) is 2. The summed E-state index contributed by atoms with van der Waals surface area (Å²) in [5.74, 6) is -0.563. The lowest BCUT2D eigenvalue weighted by molar-refractivity contribution is -0.139. The highest BCUT2D eigenvalue weighted by Crippen LogP contribution is 2.51. The van der Waals surface area contributed by atoms with Crippen LogP contribution in [0.3, 0.4) is 0 Å². The third kappa shape index (κ3) is 7.85. The Balaban J connectivity index is 2.14. The second-order valence-electron chi connectivity index (χ2n) is 10.8. The van der Waals surface area contributed by atoms with Crippen molar-refractivity contribution in [2.75, 3.05) is 12.0 Å². The maximum absolute atomic E-state index is 13.5. The van der Waals surface area contributed by atoms with Gasteiger partial charge in [0.2, 0.25) is 0 Å². The van der Waals surface area contributed by atoms with Crippen molar-refractivity contribution in [3.8, 4) is 11.1 Å². The van der Waals surface area contributed by atoms with E-state index < -0.39 is 30.8 Å². The summed E-state index contributed by atoms with van der Waals surface area (Å²) in [6.45, 7) is 4.04. The van der Waals surface area contributed by atoms with Crippen LogP contribution in [0.2, 0.25) is 0 Å². The summed E-state index contributed by atoms with van der Waals surface area (Å²) in [7, 11) is -2.78. The second kappa shape index (κ2) is 14.9. The van der Waals surface area contributed by atoms with E-state index in [9.17, 15) is 23.8 Å². The number of carboxylic acid groups (broad SMARTS) is 1. The lowest BCUT2D eigenvalue weighted by Crippen LogP contribution is -2.41. The number of carboxylic acids is 1. The fourth-order valence-corrected chi connectivity index (χ4v) is 7.40. The molecule has 0 aliphatic heterocycles. The van der Waals surface area contributed by atoms with Gasteiger partial charge < -0.3 is 10.4 Å². The Morgan fingerprint density at radius 1 is 1.10 bits per heavy atom. The molecule has 0 radical (unpaired) electrons. The summed E-state index contributed by atoms with van der Waals surface area (Å²) in [4.78, 5) is 25.4. The Labute approximate surface area is 237 Å². The number of unbranched alkanes of at least 4 members (excludes halogenated alkanes) is 1. The van der Waals surface area contributed by atoms with Gasteiger partial charge in [-0.05, 0) is 78.5 Å². The van der Waals surface area contributed by atoms with Crippen molar-refractivity contribution in [1.82, 2.24) is 5.32 Å². The highest BCUT2D eigenvalue weighted by atomic mass is 32.2. The fourth-order valence-electron chi connectivity index (χ4n) is 5.83. The lowest BCUT2D eigenvalue weighted by atomic mass is 9.77. The van der Waals surface area contributed by atoms with Crippen LogP contribution in [0, 0.1) is 12.8 Å². The van der Waals surface area contributed by atoms with Crippen LogP contribution in [0.15, 0.2) is 42.5 Å². The fraction of sp³-hybridized carbons (Fsp3) is 0.548. The van der Waals surface area contributed by atoms with Crippen LogP contribution in [-0.4, -0.2) is 35.0 Å². The molecule has 1 amide bonds. The molecule has 8 heteroatoms. The maximum Gasteiger partial charge on any atom is 0.326 e. The Morgan fingerprint density at radius 2 is 1.82 bits per heavy atom. The van der Waals surface area contributed by atoms with Crippen molar-refractivity contribution in [3.63, 3.8) is 0 Å². The molecule has 2 aromatic carbocycles. The van der Waals surface area contributed by atoms with E-state index in [4.69, 9.17) is 0 Å². The predicted molar refractivity (Wildman–Crippen MR) is 159 cm³/mol. The van der Waals surface area contributed by atoms with E-state index in [-0.39, 0.29) is 0 Å². The number of aliphatic carboxylic acids is 1. The molecule has 1 fully saturated rings. The van der Waals surface area contributed by atoms with Gasteiger partial charge >= 0.3 is 13.6 Å². The summed E-state index contributed by atoms with van der Waals surface area (Å²) in [5, 5.41) is 11.4. The minimum atomic E-state index is -2.78. The van der Waals surface area contributed by atoms with Crippen LogP contribution >= 0.6 is 19.4 Å². The zero-order valence-corrected chi connectivity index (χ0v) is 25.1. The largest absolute Gasteiger partial charge is 0.480 e. The van der Waals surface area contributed by atoms with Crippen LogP contribution in [-0.2, 0) is 19.1 Å². The van der Waals surface area contributed by atoms with Gasteiger partial charge in [-0.2, -0.15) is 11.8 Å². The van der Waals surface area contributed by atoms with Gasteiger partial charge in [-0.25, -0.2) is 13.9 Å². The van der Waals surface area contributed by atoms with Gasteiger partial charge in [0.05, 0.1) is 0 Å². The molecule has 2 atom stereocenters. The molecule has 0 aromatic heterocycles. The number of carbonyl (C=O) groups is 2. The van der Waals surface area contributed by atoms with Crippen molar-refractivity contribution in [2.45, 2.75) is 89.3 Å². The minimum absolute atomic E-state index is 0.318. The summed E-state index contributed by atoms with van der Waals surface area (Å²) < 4.78 is 26.3. The normalized spacial score (nSPS) is 16.3. The van der Waals surface area contributed by atoms with E-state index in [1.807, 2.05) is 43.5 Å². The second-order valence-corrected chi connectivity index (χ2v) is 13.2. The number of benzene rings is 2. The first-order chi connectivity index (χ1) is 18.7. The SMILES string of the molecule is CCCCC(CC1CCCCC1)(c1ccc(C(=O)N[C@@H](CCSC)C(=O)O)c(-c2ccccc2C)c1)P(=O)=O. The first kappa shape index (κ1) is 31.2. The van der Waals surface area contributed by atoms with E-state index >= 15 is 0 Å². The lowest BCUT2D eigenvalue weighted by Gasteiger charge is -2.33. The van der Waals surface area contributed by atoms with Gasteiger partial charge in [0.25, 0.3) is 5.91 Å². The molecule has 1 unspecified atom stereocenters. The summed E-state index contributed by atoms with van der Waals surface area (Å²) in [6.07, 6.45) is 10.6. The van der Waals surface area contributed by atoms with Gasteiger partial charge in [-0.3, -0.25) is 4.79 Å². The van der Waals surface area contributed by atoms with Crippen LogP contribution in [0.25, 0.3) is 11.1 Å². The molecule has 0 saturated heterocycles. The molecule has 2 aromatic rings. The van der Waals surface area contributed by atoms with Crippen molar-refractivity contribution >= 4 is 31.3 Å². The molecule has 1 aliphatic carbocycles. The Morgan fingerprint density at radius 3 is 2.44 bits per heavy atom. The van der Waals surface area contributed by atoms with Crippen LogP contribution in [0.5, 0.6) is 0 Å². The van der Waals surface area contributed by atoms with Gasteiger partial charge in [-0.1, -0.05) is 82.2 Å². The number of aryl methyl sites for hydroxylation is 1. The van der Waals surface area contributed by atoms with Gasteiger partial charge in [0.1, 0.15) is 11.2 Å². The average Bonchev–Trinajstić information content (AvgIpc) is 2.93. The van der Waals surface area contributed by atoms with E-state index in [1.54, 1.807) is 12.1 Å². The minimum Gasteiger partial charge on any atom is -0.480 e.